The molecule has 0 N–H and O–H groups in total. The number of amides is 1. The van der Waals surface area contributed by atoms with Gasteiger partial charge < -0.3 is 14.2 Å². The van der Waals surface area contributed by atoms with Crippen molar-refractivity contribution in [1.29, 1.82) is 0 Å². The third-order valence-electron chi connectivity index (χ3n) is 6.96. The van der Waals surface area contributed by atoms with E-state index in [0.29, 0.717) is 17.0 Å². The van der Waals surface area contributed by atoms with Crippen LogP contribution in [0.5, 0.6) is 0 Å². The molecule has 2 aromatic rings. The molecule has 6 nitrogen and oxygen atoms in total. The van der Waals surface area contributed by atoms with Gasteiger partial charge in [0.25, 0.3) is 5.91 Å². The normalized spacial score (nSPS) is 14.3. The molecule has 1 aliphatic carbocycles. The molecule has 1 heterocycles. The van der Waals surface area contributed by atoms with Gasteiger partial charge in [-0.1, -0.05) is 45.2 Å². The highest BCUT2D eigenvalue weighted by Gasteiger charge is 2.27. The molecule has 3 rings (SSSR count). The van der Waals surface area contributed by atoms with Crippen LogP contribution in [0.4, 0.5) is 0 Å². The zero-order chi connectivity index (χ0) is 24.8. The fourth-order valence-corrected chi connectivity index (χ4v) is 4.77. The Balaban J connectivity index is 1.68. The molecular formula is C28H38N2O4. The maximum atomic E-state index is 13.2. The number of ether oxygens (including phenoxy) is 1. The van der Waals surface area contributed by atoms with Crippen LogP contribution < -0.4 is 0 Å². The molecule has 0 aliphatic heterocycles. The molecule has 184 valence electrons. The minimum absolute atomic E-state index is 0.181. The van der Waals surface area contributed by atoms with E-state index in [1.165, 1.54) is 6.42 Å². The number of Topliss-reactive ketones (excluding diaryl/α,β-unsaturated/α-hetero) is 1. The number of esters is 1. The lowest BCUT2D eigenvalue weighted by Gasteiger charge is -2.31. The average molecular weight is 467 g/mol. The Morgan fingerprint density at radius 1 is 1.03 bits per heavy atom. The summed E-state index contributed by atoms with van der Waals surface area (Å²) in [5, 5.41) is 0. The van der Waals surface area contributed by atoms with Gasteiger partial charge in [0, 0.05) is 36.6 Å². The molecule has 1 fully saturated rings. The molecule has 0 saturated heterocycles. The molecule has 0 radical (unpaired) electrons. The Bertz CT molecular complexity index is 1030. The maximum Gasteiger partial charge on any atom is 0.339 e. The zero-order valence-electron chi connectivity index (χ0n) is 21.2. The van der Waals surface area contributed by atoms with Gasteiger partial charge in [-0.25, -0.2) is 4.79 Å². The standard InChI is InChI=1S/C28H38N2O4/c1-19(2)15-16-30-20(3)17-25(21(30)4)26(31)18-34-28(33)24-14-10-9-13-23(24)27(32)29(5)22-11-7-6-8-12-22/h9-10,13-14,17,19,22H,6-8,11-12,15-16,18H2,1-5H3. The van der Waals surface area contributed by atoms with Crippen LogP contribution in [0.3, 0.4) is 0 Å². The van der Waals surface area contributed by atoms with Crippen molar-refractivity contribution in [2.24, 2.45) is 5.92 Å². The van der Waals surface area contributed by atoms with Gasteiger partial charge in [-0.15, -0.1) is 0 Å². The van der Waals surface area contributed by atoms with Crippen molar-refractivity contribution in [3.8, 4) is 0 Å². The predicted octanol–water partition coefficient (Wildman–Crippen LogP) is 5.60. The molecule has 1 aromatic carbocycles. The van der Waals surface area contributed by atoms with E-state index in [9.17, 15) is 14.4 Å². The quantitative estimate of drug-likeness (QED) is 0.357. The topological polar surface area (TPSA) is 68.6 Å². The second kappa shape index (κ2) is 11.5. The fourth-order valence-electron chi connectivity index (χ4n) is 4.77. The molecule has 0 atom stereocenters. The second-order valence-corrected chi connectivity index (χ2v) is 9.87. The molecule has 0 bridgehead atoms. The number of nitrogens with zero attached hydrogens (tertiary/aromatic N) is 2. The highest BCUT2D eigenvalue weighted by atomic mass is 16.5. The second-order valence-electron chi connectivity index (χ2n) is 9.87. The van der Waals surface area contributed by atoms with Crippen LogP contribution in [0.2, 0.25) is 0 Å². The maximum absolute atomic E-state index is 13.2. The van der Waals surface area contributed by atoms with Crippen molar-refractivity contribution in [2.45, 2.75) is 78.8 Å². The minimum atomic E-state index is -0.650. The summed E-state index contributed by atoms with van der Waals surface area (Å²) in [6.07, 6.45) is 6.44. The lowest BCUT2D eigenvalue weighted by atomic mass is 9.94. The molecule has 0 spiro atoms. The van der Waals surface area contributed by atoms with E-state index < -0.39 is 5.97 Å². The summed E-state index contributed by atoms with van der Waals surface area (Å²) in [5.74, 6) is -0.496. The van der Waals surface area contributed by atoms with Crippen LogP contribution in [0.1, 0.15) is 94.8 Å². The van der Waals surface area contributed by atoms with E-state index in [1.807, 2.05) is 19.9 Å². The Labute approximate surface area is 203 Å². The molecule has 1 aliphatic rings. The summed E-state index contributed by atoms with van der Waals surface area (Å²) >= 11 is 0. The van der Waals surface area contributed by atoms with Gasteiger partial charge in [0.15, 0.2) is 6.61 Å². The predicted molar refractivity (Wildman–Crippen MR) is 133 cm³/mol. The van der Waals surface area contributed by atoms with E-state index in [-0.39, 0.29) is 29.9 Å². The fraction of sp³-hybridized carbons (Fsp3) is 0.536. The summed E-state index contributed by atoms with van der Waals surface area (Å²) in [6.45, 7) is 8.77. The third-order valence-corrected chi connectivity index (χ3v) is 6.96. The summed E-state index contributed by atoms with van der Waals surface area (Å²) in [4.78, 5) is 40.7. The van der Waals surface area contributed by atoms with Gasteiger partial charge in [-0.2, -0.15) is 0 Å². The summed E-state index contributed by atoms with van der Waals surface area (Å²) < 4.78 is 7.54. The molecule has 1 amide bonds. The highest BCUT2D eigenvalue weighted by molar-refractivity contribution is 6.06. The van der Waals surface area contributed by atoms with Gasteiger partial charge >= 0.3 is 5.97 Å². The molecule has 0 unspecified atom stereocenters. The van der Waals surface area contributed by atoms with Crippen molar-refractivity contribution in [1.82, 2.24) is 9.47 Å². The van der Waals surface area contributed by atoms with Crippen LogP contribution in [0.15, 0.2) is 30.3 Å². The van der Waals surface area contributed by atoms with E-state index >= 15 is 0 Å². The van der Waals surface area contributed by atoms with Crippen molar-refractivity contribution >= 4 is 17.7 Å². The van der Waals surface area contributed by atoms with Gasteiger partial charge in [-0.05, 0) is 57.2 Å². The molecule has 6 heteroatoms. The Hall–Kier alpha value is -2.89. The number of rotatable bonds is 9. The van der Waals surface area contributed by atoms with E-state index in [4.69, 9.17) is 4.74 Å². The monoisotopic (exact) mass is 466 g/mol. The number of aryl methyl sites for hydroxylation is 1. The van der Waals surface area contributed by atoms with Crippen LogP contribution in [-0.2, 0) is 11.3 Å². The SMILES string of the molecule is Cc1cc(C(=O)COC(=O)c2ccccc2C(=O)N(C)C2CCCCC2)c(C)n1CCC(C)C. The summed E-state index contributed by atoms with van der Waals surface area (Å²) in [7, 11) is 1.80. The molecule has 34 heavy (non-hydrogen) atoms. The molecule has 1 saturated carbocycles. The first-order valence-corrected chi connectivity index (χ1v) is 12.4. The van der Waals surface area contributed by atoms with Crippen LogP contribution in [0.25, 0.3) is 0 Å². The minimum Gasteiger partial charge on any atom is -0.454 e. The Morgan fingerprint density at radius 2 is 1.68 bits per heavy atom. The average Bonchev–Trinajstić information content (AvgIpc) is 3.13. The van der Waals surface area contributed by atoms with Gasteiger partial charge in [0.2, 0.25) is 5.78 Å². The first-order chi connectivity index (χ1) is 16.2. The van der Waals surface area contributed by atoms with Gasteiger partial charge in [-0.3, -0.25) is 9.59 Å². The number of ketones is 1. The summed E-state index contributed by atoms with van der Waals surface area (Å²) in [5.41, 5.74) is 3.01. The summed E-state index contributed by atoms with van der Waals surface area (Å²) in [6, 6.07) is 8.75. The number of hydrogen-bond donors (Lipinski definition) is 0. The van der Waals surface area contributed by atoms with Gasteiger partial charge in [0.05, 0.1) is 11.1 Å². The highest BCUT2D eigenvalue weighted by Crippen LogP contribution is 2.24. The third kappa shape index (κ3) is 5.96. The van der Waals surface area contributed by atoms with Crippen molar-refractivity contribution in [2.75, 3.05) is 13.7 Å². The first-order valence-electron chi connectivity index (χ1n) is 12.4. The Kier molecular flexibility index (Phi) is 8.70. The number of benzene rings is 1. The van der Waals surface area contributed by atoms with Crippen molar-refractivity contribution in [3.63, 3.8) is 0 Å². The van der Waals surface area contributed by atoms with Crippen molar-refractivity contribution in [3.05, 3.63) is 58.4 Å². The Morgan fingerprint density at radius 3 is 2.32 bits per heavy atom. The molecule has 1 aromatic heterocycles. The lowest BCUT2D eigenvalue weighted by Crippen LogP contribution is -2.39. The van der Waals surface area contributed by atoms with Crippen LogP contribution >= 0.6 is 0 Å². The smallest absolute Gasteiger partial charge is 0.339 e. The van der Waals surface area contributed by atoms with E-state index in [1.54, 1.807) is 36.2 Å². The van der Waals surface area contributed by atoms with E-state index in [2.05, 4.69) is 18.4 Å². The van der Waals surface area contributed by atoms with E-state index in [0.717, 1.165) is 50.0 Å². The largest absolute Gasteiger partial charge is 0.454 e. The molecular weight excluding hydrogens is 428 g/mol. The number of hydrogen-bond acceptors (Lipinski definition) is 4. The number of carbonyl (C=O) groups excluding carboxylic acids is 3. The lowest BCUT2D eigenvalue weighted by molar-refractivity contribution is 0.0468. The van der Waals surface area contributed by atoms with Gasteiger partial charge in [0.1, 0.15) is 0 Å². The zero-order valence-corrected chi connectivity index (χ0v) is 21.2. The van der Waals surface area contributed by atoms with Crippen LogP contribution in [0, 0.1) is 19.8 Å². The number of carbonyl (C=O) groups is 3. The number of aromatic nitrogens is 1. The first kappa shape index (κ1) is 25.7. The van der Waals surface area contributed by atoms with Crippen molar-refractivity contribution < 1.29 is 19.1 Å². The van der Waals surface area contributed by atoms with Crippen LogP contribution in [-0.4, -0.2) is 46.8 Å².